The molecule has 4 atom stereocenters. The van der Waals surface area contributed by atoms with Gasteiger partial charge in [-0.3, -0.25) is 9.59 Å². The highest BCUT2D eigenvalue weighted by Crippen LogP contribution is 2.31. The summed E-state index contributed by atoms with van der Waals surface area (Å²) < 4.78 is 51.5. The van der Waals surface area contributed by atoms with Crippen molar-refractivity contribution in [3.63, 3.8) is 0 Å². The van der Waals surface area contributed by atoms with Crippen LogP contribution in [0.1, 0.15) is 61.5 Å². The van der Waals surface area contributed by atoms with Crippen LogP contribution in [-0.2, 0) is 22.1 Å². The van der Waals surface area contributed by atoms with Gasteiger partial charge in [0.05, 0.1) is 42.4 Å². The van der Waals surface area contributed by atoms with E-state index >= 15 is 0 Å². The predicted molar refractivity (Wildman–Crippen MR) is 189 cm³/mol. The number of benzene rings is 3. The molecule has 276 valence electrons. The zero-order chi connectivity index (χ0) is 37.1. The number of nitrogens with zero attached hydrogens (tertiary/aromatic N) is 2. The quantitative estimate of drug-likeness (QED) is 0.235. The third-order valence-electron chi connectivity index (χ3n) is 8.86. The van der Waals surface area contributed by atoms with Crippen LogP contribution in [0.4, 0.5) is 29.3 Å². The summed E-state index contributed by atoms with van der Waals surface area (Å²) in [6.45, 7) is 6.21. The molecule has 1 aliphatic rings. The van der Waals surface area contributed by atoms with Crippen LogP contribution in [-0.4, -0.2) is 84.4 Å². The Labute approximate surface area is 296 Å². The van der Waals surface area contributed by atoms with E-state index in [1.807, 2.05) is 44.2 Å². The van der Waals surface area contributed by atoms with Crippen molar-refractivity contribution >= 4 is 29.2 Å². The molecule has 3 N–H and O–H groups in total. The fourth-order valence-corrected chi connectivity index (χ4v) is 5.78. The molecule has 0 aliphatic carbocycles. The highest BCUT2D eigenvalue weighted by atomic mass is 19.4. The number of carbonyl (C=O) groups excluding carboxylic acids is 3. The van der Waals surface area contributed by atoms with Crippen molar-refractivity contribution in [3.05, 3.63) is 89.5 Å². The van der Waals surface area contributed by atoms with Gasteiger partial charge in [-0.2, -0.15) is 13.2 Å². The van der Waals surface area contributed by atoms with Crippen molar-refractivity contribution in [3.8, 4) is 5.75 Å². The van der Waals surface area contributed by atoms with E-state index in [4.69, 9.17) is 9.47 Å². The largest absolute Gasteiger partial charge is 0.490 e. The predicted octanol–water partition coefficient (Wildman–Crippen LogP) is 6.85. The molecule has 51 heavy (non-hydrogen) atoms. The van der Waals surface area contributed by atoms with Crippen molar-refractivity contribution in [1.29, 1.82) is 0 Å². The first kappa shape index (κ1) is 39.2. The van der Waals surface area contributed by atoms with E-state index in [-0.39, 0.29) is 54.4 Å². The van der Waals surface area contributed by atoms with Crippen molar-refractivity contribution < 1.29 is 42.1 Å². The molecule has 3 aromatic rings. The monoisotopic (exact) mass is 712 g/mol. The topological polar surface area (TPSA) is 120 Å². The lowest BCUT2D eigenvalue weighted by Crippen LogP contribution is -2.48. The minimum absolute atomic E-state index is 0.0599. The van der Waals surface area contributed by atoms with Crippen LogP contribution in [0.15, 0.2) is 72.8 Å². The number of nitrogens with one attached hydrogen (secondary N) is 2. The van der Waals surface area contributed by atoms with Crippen molar-refractivity contribution in [2.45, 2.75) is 70.9 Å². The number of hydrogen-bond donors (Lipinski definition) is 3. The lowest BCUT2D eigenvalue weighted by atomic mass is 10.0. The number of anilines is 2. The maximum atomic E-state index is 14.4. The van der Waals surface area contributed by atoms with Crippen molar-refractivity contribution in [2.24, 2.45) is 5.92 Å². The molecule has 4 amide bonds. The van der Waals surface area contributed by atoms with Gasteiger partial charge in [0.2, 0.25) is 5.91 Å². The molecule has 0 bridgehead atoms. The van der Waals surface area contributed by atoms with Crippen LogP contribution < -0.4 is 15.4 Å². The Kier molecular flexibility index (Phi) is 13.9. The summed E-state index contributed by atoms with van der Waals surface area (Å²) in [4.78, 5) is 43.5. The number of halogens is 3. The number of fused-ring (bicyclic) bond motifs is 1. The first-order chi connectivity index (χ1) is 24.2. The molecule has 0 radical (unpaired) electrons. The Bertz CT molecular complexity index is 1610. The lowest BCUT2D eigenvalue weighted by molar-refractivity contribution is -0.137. The van der Waals surface area contributed by atoms with Gasteiger partial charge in [0.15, 0.2) is 0 Å². The highest BCUT2D eigenvalue weighted by Gasteiger charge is 2.32. The van der Waals surface area contributed by atoms with E-state index in [1.54, 1.807) is 31.0 Å². The van der Waals surface area contributed by atoms with E-state index in [1.165, 1.54) is 11.0 Å². The van der Waals surface area contributed by atoms with Crippen LogP contribution in [0.3, 0.4) is 0 Å². The van der Waals surface area contributed by atoms with Gasteiger partial charge in [0.25, 0.3) is 5.91 Å². The molecule has 0 saturated heterocycles. The number of amides is 4. The highest BCUT2D eigenvalue weighted by molar-refractivity contribution is 6.02. The molecule has 0 saturated carbocycles. The van der Waals surface area contributed by atoms with Gasteiger partial charge in [-0.15, -0.1) is 0 Å². The molecule has 10 nitrogen and oxygen atoms in total. The molecule has 0 fully saturated rings. The van der Waals surface area contributed by atoms with E-state index in [9.17, 15) is 32.7 Å². The smallest absolute Gasteiger partial charge is 0.416 e. The molecule has 4 rings (SSSR count). The number of carbonyl (C=O) groups is 3. The third-order valence-corrected chi connectivity index (χ3v) is 8.86. The lowest BCUT2D eigenvalue weighted by Gasteiger charge is -2.36. The standard InChI is InChI=1S/C38H47F3N4O6/c1-25-22-45(26(2)24-46)36(48)32-21-31(43-37(49)42-30-15-13-29(14-16-30)38(39,40)41)17-18-33(32)51-27(3)10-8-9-19-50-34(25)23-44(4)35(47)20-28-11-6-5-7-12-28/h5-7,11-18,21,25-27,34,46H,8-10,19-20,22-24H2,1-4H3,(H2,42,43,49)/t25-,26+,27-,34-/m0/s1. The second kappa shape index (κ2) is 18.0. The fraction of sp³-hybridized carbons (Fsp3) is 0.447. The van der Waals surface area contributed by atoms with Gasteiger partial charge < -0.3 is 35.0 Å². The van der Waals surface area contributed by atoms with Crippen LogP contribution >= 0.6 is 0 Å². The van der Waals surface area contributed by atoms with Crippen LogP contribution in [0.2, 0.25) is 0 Å². The first-order valence-electron chi connectivity index (χ1n) is 17.1. The van der Waals surface area contributed by atoms with E-state index < -0.39 is 35.8 Å². The van der Waals surface area contributed by atoms with E-state index in [0.29, 0.717) is 25.3 Å². The Morgan fingerprint density at radius 3 is 2.33 bits per heavy atom. The normalized spacial score (nSPS) is 19.6. The second-order valence-corrected chi connectivity index (χ2v) is 13.1. The SMILES string of the molecule is C[C@H](CO)N1C[C@H](C)[C@H](CN(C)C(=O)Cc2ccccc2)OCCCC[C@H](C)Oc2ccc(NC(=O)Nc3ccc(C(F)(F)F)cc3)cc2C1=O. The fourth-order valence-electron chi connectivity index (χ4n) is 5.78. The third kappa shape index (κ3) is 11.4. The van der Waals surface area contributed by atoms with Crippen molar-refractivity contribution in [1.82, 2.24) is 9.80 Å². The minimum atomic E-state index is -4.51. The number of alkyl halides is 3. The molecule has 13 heteroatoms. The van der Waals surface area contributed by atoms with Gasteiger partial charge >= 0.3 is 12.2 Å². The van der Waals surface area contributed by atoms with E-state index in [2.05, 4.69) is 10.6 Å². The van der Waals surface area contributed by atoms with Crippen LogP contribution in [0, 0.1) is 5.92 Å². The Morgan fingerprint density at radius 1 is 1.00 bits per heavy atom. The van der Waals surface area contributed by atoms with Gasteiger partial charge in [0.1, 0.15) is 5.75 Å². The van der Waals surface area contributed by atoms with Gasteiger partial charge in [-0.1, -0.05) is 37.3 Å². The Morgan fingerprint density at radius 2 is 1.67 bits per heavy atom. The minimum Gasteiger partial charge on any atom is -0.490 e. The summed E-state index contributed by atoms with van der Waals surface area (Å²) in [5, 5.41) is 15.4. The molecule has 3 aromatic carbocycles. The zero-order valence-electron chi connectivity index (χ0n) is 29.4. The molecular formula is C38H47F3N4O6. The molecule has 0 spiro atoms. The van der Waals surface area contributed by atoms with Gasteiger partial charge in [0, 0.05) is 44.0 Å². The molecule has 1 aliphatic heterocycles. The average Bonchev–Trinajstić information content (AvgIpc) is 3.09. The average molecular weight is 713 g/mol. The van der Waals surface area contributed by atoms with Gasteiger partial charge in [-0.25, -0.2) is 4.79 Å². The maximum absolute atomic E-state index is 14.4. The molecule has 0 aromatic heterocycles. The summed E-state index contributed by atoms with van der Waals surface area (Å²) in [7, 11) is 1.74. The van der Waals surface area contributed by atoms with Gasteiger partial charge in [-0.05, 0) is 81.1 Å². The summed E-state index contributed by atoms with van der Waals surface area (Å²) in [5.41, 5.74) is 0.612. The number of aliphatic hydroxyl groups is 1. The number of hydrogen-bond acceptors (Lipinski definition) is 6. The maximum Gasteiger partial charge on any atom is 0.416 e. The second-order valence-electron chi connectivity index (χ2n) is 13.1. The summed E-state index contributed by atoms with van der Waals surface area (Å²) in [5.74, 6) is -0.450. The first-order valence-corrected chi connectivity index (χ1v) is 17.1. The molecule has 0 unspecified atom stereocenters. The Balaban J connectivity index is 1.56. The number of urea groups is 1. The van der Waals surface area contributed by atoms with E-state index in [0.717, 1.165) is 42.7 Å². The number of ether oxygens (including phenoxy) is 2. The molecular weight excluding hydrogens is 665 g/mol. The number of likely N-dealkylation sites (N-methyl/N-ethyl adjacent to an activating group) is 1. The summed E-state index contributed by atoms with van der Waals surface area (Å²) >= 11 is 0. The van der Waals surface area contributed by atoms with Crippen molar-refractivity contribution in [2.75, 3.05) is 44.0 Å². The number of aliphatic hydroxyl groups excluding tert-OH is 1. The summed E-state index contributed by atoms with van der Waals surface area (Å²) in [6.07, 6.45) is -2.69. The summed E-state index contributed by atoms with van der Waals surface area (Å²) in [6, 6.07) is 16.8. The Hall–Kier alpha value is -4.62. The van der Waals surface area contributed by atoms with Crippen LogP contribution in [0.25, 0.3) is 0 Å². The molecule has 1 heterocycles. The number of rotatable bonds is 8. The zero-order valence-corrected chi connectivity index (χ0v) is 29.4. The van der Waals surface area contributed by atoms with Crippen LogP contribution in [0.5, 0.6) is 5.75 Å².